The van der Waals surface area contributed by atoms with Gasteiger partial charge in [0.2, 0.25) is 10.0 Å². The van der Waals surface area contributed by atoms with Crippen molar-refractivity contribution in [3.8, 4) is 0 Å². The third-order valence-electron chi connectivity index (χ3n) is 5.25. The molecular weight excluding hydrogens is 438 g/mol. The highest BCUT2D eigenvalue weighted by molar-refractivity contribution is 7.89. The average molecular weight is 466 g/mol. The zero-order chi connectivity index (χ0) is 22.6. The predicted molar refractivity (Wildman–Crippen MR) is 121 cm³/mol. The largest absolute Gasteiger partial charge is 0.465 e. The number of benzene rings is 1. The number of esters is 1. The van der Waals surface area contributed by atoms with Gasteiger partial charge in [0.15, 0.2) is 5.11 Å². The molecule has 0 unspecified atom stereocenters. The predicted octanol–water partition coefficient (Wildman–Crippen LogP) is 2.11. The summed E-state index contributed by atoms with van der Waals surface area (Å²) in [6.07, 6.45) is 0.852. The zero-order valence-corrected chi connectivity index (χ0v) is 19.5. The fraction of sp³-hybridized carbons (Fsp3) is 0.429. The van der Waals surface area contributed by atoms with E-state index in [1.54, 1.807) is 6.92 Å². The van der Waals surface area contributed by atoms with Gasteiger partial charge in [-0.1, -0.05) is 30.3 Å². The van der Waals surface area contributed by atoms with Crippen molar-refractivity contribution in [2.45, 2.75) is 25.2 Å². The summed E-state index contributed by atoms with van der Waals surface area (Å²) in [7, 11) is -2.70. The maximum absolute atomic E-state index is 13.3. The number of thiocarbonyl (C=S) groups is 1. The Morgan fingerprint density at radius 2 is 1.77 bits per heavy atom. The SMILES string of the molecule is COC(=O)c1c(C)oc(C)c1S(=O)(=O)N1CCN(C(=S)NCCc2ccccc2)CC1. The Morgan fingerprint density at radius 1 is 1.13 bits per heavy atom. The molecule has 1 N–H and O–H groups in total. The molecule has 1 fully saturated rings. The Labute approximate surface area is 188 Å². The van der Waals surface area contributed by atoms with E-state index in [4.69, 9.17) is 21.4 Å². The molecule has 0 amide bonds. The molecule has 0 saturated carbocycles. The quantitative estimate of drug-likeness (QED) is 0.512. The number of methoxy groups -OCH3 is 1. The van der Waals surface area contributed by atoms with Gasteiger partial charge in [-0.15, -0.1) is 0 Å². The van der Waals surface area contributed by atoms with Crippen LogP contribution in [0.1, 0.15) is 27.4 Å². The molecule has 1 aliphatic heterocycles. The number of carbonyl (C=O) groups is 1. The third-order valence-corrected chi connectivity index (χ3v) is 7.71. The number of nitrogens with zero attached hydrogens (tertiary/aromatic N) is 2. The van der Waals surface area contributed by atoms with Gasteiger partial charge < -0.3 is 19.4 Å². The van der Waals surface area contributed by atoms with Gasteiger partial charge in [0, 0.05) is 32.7 Å². The normalized spacial score (nSPS) is 15.0. The summed E-state index contributed by atoms with van der Waals surface area (Å²) in [6, 6.07) is 10.1. The van der Waals surface area contributed by atoms with Crippen molar-refractivity contribution in [3.63, 3.8) is 0 Å². The summed E-state index contributed by atoms with van der Waals surface area (Å²) in [5.74, 6) is -0.320. The van der Waals surface area contributed by atoms with Gasteiger partial charge in [-0.2, -0.15) is 4.31 Å². The van der Waals surface area contributed by atoms with Gasteiger partial charge in [0.05, 0.1) is 7.11 Å². The molecular formula is C21H27N3O5S2. The molecule has 0 aliphatic carbocycles. The minimum Gasteiger partial charge on any atom is -0.465 e. The molecule has 8 nitrogen and oxygen atoms in total. The summed E-state index contributed by atoms with van der Waals surface area (Å²) in [5, 5.41) is 3.85. The van der Waals surface area contributed by atoms with Crippen LogP contribution in [-0.4, -0.2) is 68.5 Å². The third kappa shape index (κ3) is 5.08. The van der Waals surface area contributed by atoms with Crippen LogP contribution in [0.3, 0.4) is 0 Å². The first kappa shape index (κ1) is 23.2. The maximum Gasteiger partial charge on any atom is 0.342 e. The Kier molecular flexibility index (Phi) is 7.34. The molecule has 2 aromatic rings. The van der Waals surface area contributed by atoms with Crippen LogP contribution in [0.15, 0.2) is 39.6 Å². The highest BCUT2D eigenvalue weighted by Crippen LogP contribution is 2.30. The van der Waals surface area contributed by atoms with Gasteiger partial charge in [0.25, 0.3) is 0 Å². The Hall–Kier alpha value is -2.43. The molecule has 10 heteroatoms. The van der Waals surface area contributed by atoms with Gasteiger partial charge in [-0.25, -0.2) is 13.2 Å². The molecule has 0 bridgehead atoms. The first-order valence-electron chi connectivity index (χ1n) is 10.0. The van der Waals surface area contributed by atoms with E-state index in [-0.39, 0.29) is 35.1 Å². The highest BCUT2D eigenvalue weighted by atomic mass is 32.2. The van der Waals surface area contributed by atoms with Crippen LogP contribution in [0, 0.1) is 13.8 Å². The summed E-state index contributed by atoms with van der Waals surface area (Å²) in [5.41, 5.74) is 1.18. The Balaban J connectivity index is 1.61. The number of ether oxygens (including phenoxy) is 1. The van der Waals surface area contributed by atoms with E-state index < -0.39 is 16.0 Å². The molecule has 1 saturated heterocycles. The minimum atomic E-state index is -3.91. The number of hydrogen-bond donors (Lipinski definition) is 1. The Morgan fingerprint density at radius 3 is 2.39 bits per heavy atom. The van der Waals surface area contributed by atoms with Crippen LogP contribution in [0.2, 0.25) is 0 Å². The number of carbonyl (C=O) groups excluding carboxylic acids is 1. The van der Waals surface area contributed by atoms with Crippen LogP contribution in [0.5, 0.6) is 0 Å². The van der Waals surface area contributed by atoms with Gasteiger partial charge in [0.1, 0.15) is 22.0 Å². The summed E-state index contributed by atoms with van der Waals surface area (Å²) in [4.78, 5) is 14.0. The maximum atomic E-state index is 13.3. The van der Waals surface area contributed by atoms with E-state index in [1.165, 1.54) is 23.9 Å². The number of rotatable bonds is 6. The van der Waals surface area contributed by atoms with Crippen molar-refractivity contribution in [3.05, 3.63) is 53.0 Å². The molecule has 31 heavy (non-hydrogen) atoms. The number of hydrogen-bond acceptors (Lipinski definition) is 6. The van der Waals surface area contributed by atoms with Crippen molar-refractivity contribution in [1.82, 2.24) is 14.5 Å². The second-order valence-corrected chi connectivity index (χ2v) is 9.53. The van der Waals surface area contributed by atoms with Crippen LogP contribution < -0.4 is 5.32 Å². The lowest BCUT2D eigenvalue weighted by molar-refractivity contribution is 0.0594. The summed E-state index contributed by atoms with van der Waals surface area (Å²) in [6.45, 7) is 5.22. The number of sulfonamides is 1. The van der Waals surface area contributed by atoms with E-state index >= 15 is 0 Å². The standard InChI is InChI=1S/C21H27N3O5S2/c1-15-18(20(25)28-3)19(16(2)29-15)31(26,27)24-13-11-23(12-14-24)21(30)22-10-9-17-7-5-4-6-8-17/h4-8H,9-14H2,1-3H3,(H,22,30). The highest BCUT2D eigenvalue weighted by Gasteiger charge is 2.37. The zero-order valence-electron chi connectivity index (χ0n) is 17.9. The monoisotopic (exact) mass is 465 g/mol. The molecule has 1 aromatic carbocycles. The van der Waals surface area contributed by atoms with E-state index in [0.717, 1.165) is 6.42 Å². The van der Waals surface area contributed by atoms with Gasteiger partial charge >= 0.3 is 5.97 Å². The number of furan rings is 1. The number of aryl methyl sites for hydroxylation is 2. The first-order valence-corrected chi connectivity index (χ1v) is 11.9. The van der Waals surface area contributed by atoms with Crippen LogP contribution >= 0.6 is 12.2 Å². The van der Waals surface area contributed by atoms with Crippen molar-refractivity contribution in [2.75, 3.05) is 39.8 Å². The fourth-order valence-corrected chi connectivity index (χ4v) is 5.72. The summed E-state index contributed by atoms with van der Waals surface area (Å²) < 4.78 is 38.1. The second-order valence-electron chi connectivity index (χ2n) is 7.27. The molecule has 2 heterocycles. The van der Waals surface area contributed by atoms with Crippen LogP contribution in [0.25, 0.3) is 0 Å². The second kappa shape index (κ2) is 9.80. The minimum absolute atomic E-state index is 0.0412. The van der Waals surface area contributed by atoms with E-state index in [1.807, 2.05) is 23.1 Å². The molecule has 1 aliphatic rings. The van der Waals surface area contributed by atoms with E-state index in [0.29, 0.717) is 24.7 Å². The van der Waals surface area contributed by atoms with Crippen LogP contribution in [0.4, 0.5) is 0 Å². The molecule has 0 radical (unpaired) electrons. The van der Waals surface area contributed by atoms with Gasteiger partial charge in [-0.05, 0) is 38.0 Å². The van der Waals surface area contributed by atoms with Crippen LogP contribution in [-0.2, 0) is 21.2 Å². The van der Waals surface area contributed by atoms with Crippen molar-refractivity contribution < 1.29 is 22.4 Å². The summed E-state index contributed by atoms with van der Waals surface area (Å²) >= 11 is 5.48. The van der Waals surface area contributed by atoms with E-state index in [9.17, 15) is 13.2 Å². The van der Waals surface area contributed by atoms with Crippen molar-refractivity contribution in [1.29, 1.82) is 0 Å². The molecule has 168 valence electrons. The fourth-order valence-electron chi connectivity index (χ4n) is 3.64. The molecule has 0 spiro atoms. The van der Waals surface area contributed by atoms with Crippen molar-refractivity contribution >= 4 is 33.3 Å². The average Bonchev–Trinajstić information content (AvgIpc) is 3.08. The number of nitrogens with one attached hydrogen (secondary N) is 1. The molecule has 3 rings (SSSR count). The lowest BCUT2D eigenvalue weighted by atomic mass is 10.1. The Bertz CT molecular complexity index is 1040. The van der Waals surface area contributed by atoms with Crippen molar-refractivity contribution in [2.24, 2.45) is 0 Å². The molecule has 0 atom stereocenters. The van der Waals surface area contributed by atoms with Gasteiger partial charge in [-0.3, -0.25) is 0 Å². The topological polar surface area (TPSA) is 92.1 Å². The lowest BCUT2D eigenvalue weighted by Gasteiger charge is -2.35. The first-order chi connectivity index (χ1) is 14.8. The lowest BCUT2D eigenvalue weighted by Crippen LogP contribution is -2.53. The van der Waals surface area contributed by atoms with E-state index in [2.05, 4.69) is 17.4 Å². The number of piperazine rings is 1. The smallest absolute Gasteiger partial charge is 0.342 e. The molecule has 1 aromatic heterocycles.